The first-order valence-electron chi connectivity index (χ1n) is 6.06. The van der Waals surface area contributed by atoms with Crippen molar-refractivity contribution in [1.29, 1.82) is 0 Å². The fourth-order valence-electron chi connectivity index (χ4n) is 1.66. The largest absolute Gasteiger partial charge is 0.375 e. The monoisotopic (exact) mass is 276 g/mol. The summed E-state index contributed by atoms with van der Waals surface area (Å²) in [5.74, 6) is -0.190. The number of ether oxygens (including phenoxy) is 1. The van der Waals surface area contributed by atoms with Gasteiger partial charge in [-0.2, -0.15) is 0 Å². The molecule has 0 aliphatic carbocycles. The molecule has 19 heavy (non-hydrogen) atoms. The second-order valence-corrected chi connectivity index (χ2v) is 4.93. The Morgan fingerprint density at radius 1 is 1.37 bits per heavy atom. The highest BCUT2D eigenvalue weighted by Crippen LogP contribution is 2.25. The van der Waals surface area contributed by atoms with Gasteiger partial charge in [0, 0.05) is 18.1 Å². The van der Waals surface area contributed by atoms with Crippen LogP contribution in [0.1, 0.15) is 12.5 Å². The standard InChI is InChI=1S/C14H16N2O2S/c1-3-10-4-6-11(7-5-10)12-9-19-14(15-12)16-13(17)8-18-2/h4-7,9H,3,8H2,1-2H3,(H,15,16,17). The number of methoxy groups -OCH3 is 1. The summed E-state index contributed by atoms with van der Waals surface area (Å²) in [5.41, 5.74) is 3.23. The predicted octanol–water partition coefficient (Wildman–Crippen LogP) is 2.96. The molecule has 2 rings (SSSR count). The number of aromatic nitrogens is 1. The minimum atomic E-state index is -0.190. The van der Waals surface area contributed by atoms with Crippen LogP contribution >= 0.6 is 11.3 Å². The molecule has 100 valence electrons. The lowest BCUT2D eigenvalue weighted by Gasteiger charge is -2.00. The molecule has 0 bridgehead atoms. The van der Waals surface area contributed by atoms with Gasteiger partial charge in [-0.05, 0) is 12.0 Å². The first-order chi connectivity index (χ1) is 9.22. The molecule has 4 nitrogen and oxygen atoms in total. The molecular weight excluding hydrogens is 260 g/mol. The van der Waals surface area contributed by atoms with E-state index >= 15 is 0 Å². The topological polar surface area (TPSA) is 51.2 Å². The third kappa shape index (κ3) is 3.62. The third-order valence-electron chi connectivity index (χ3n) is 2.68. The van der Waals surface area contributed by atoms with Crippen LogP contribution in [0.3, 0.4) is 0 Å². The van der Waals surface area contributed by atoms with Crippen LogP contribution in [0.25, 0.3) is 11.3 Å². The zero-order chi connectivity index (χ0) is 13.7. The van der Waals surface area contributed by atoms with Gasteiger partial charge in [-0.25, -0.2) is 4.98 Å². The molecule has 1 aromatic heterocycles. The van der Waals surface area contributed by atoms with Crippen molar-refractivity contribution < 1.29 is 9.53 Å². The molecule has 5 heteroatoms. The van der Waals surface area contributed by atoms with Crippen molar-refractivity contribution in [2.24, 2.45) is 0 Å². The van der Waals surface area contributed by atoms with Crippen molar-refractivity contribution in [1.82, 2.24) is 4.98 Å². The second kappa shape index (κ2) is 6.45. The average molecular weight is 276 g/mol. The molecule has 1 amide bonds. The molecule has 0 radical (unpaired) electrons. The number of nitrogens with zero attached hydrogens (tertiary/aromatic N) is 1. The summed E-state index contributed by atoms with van der Waals surface area (Å²) in [6.45, 7) is 2.17. The number of aryl methyl sites for hydroxylation is 1. The lowest BCUT2D eigenvalue weighted by Crippen LogP contribution is -2.16. The lowest BCUT2D eigenvalue weighted by atomic mass is 10.1. The number of hydrogen-bond donors (Lipinski definition) is 1. The Balaban J connectivity index is 2.09. The van der Waals surface area contributed by atoms with E-state index < -0.39 is 0 Å². The van der Waals surface area contributed by atoms with Crippen LogP contribution in [0, 0.1) is 0 Å². The van der Waals surface area contributed by atoms with Crippen molar-refractivity contribution in [2.45, 2.75) is 13.3 Å². The average Bonchev–Trinajstić information content (AvgIpc) is 2.87. The highest BCUT2D eigenvalue weighted by Gasteiger charge is 2.07. The van der Waals surface area contributed by atoms with Crippen molar-refractivity contribution in [3.05, 3.63) is 35.2 Å². The third-order valence-corrected chi connectivity index (χ3v) is 3.44. The fraction of sp³-hybridized carbons (Fsp3) is 0.286. The lowest BCUT2D eigenvalue weighted by molar-refractivity contribution is -0.119. The zero-order valence-electron chi connectivity index (χ0n) is 11.0. The maximum Gasteiger partial charge on any atom is 0.252 e. The Bertz CT molecular complexity index is 549. The van der Waals surface area contributed by atoms with Crippen LogP contribution in [0.2, 0.25) is 0 Å². The van der Waals surface area contributed by atoms with E-state index in [-0.39, 0.29) is 12.5 Å². The number of benzene rings is 1. The minimum Gasteiger partial charge on any atom is -0.375 e. The molecule has 1 heterocycles. The SMILES string of the molecule is CCc1ccc(-c2csc(NC(=O)COC)n2)cc1. The molecule has 2 aromatic rings. The van der Waals surface area contributed by atoms with E-state index in [0.29, 0.717) is 5.13 Å². The molecule has 0 saturated heterocycles. The highest BCUT2D eigenvalue weighted by molar-refractivity contribution is 7.14. The van der Waals surface area contributed by atoms with Crippen LogP contribution in [0.5, 0.6) is 0 Å². The maximum atomic E-state index is 11.4. The Labute approximate surface area is 116 Å². The van der Waals surface area contributed by atoms with Crippen LogP contribution < -0.4 is 5.32 Å². The summed E-state index contributed by atoms with van der Waals surface area (Å²) in [7, 11) is 1.49. The van der Waals surface area contributed by atoms with Crippen molar-refractivity contribution in [2.75, 3.05) is 19.0 Å². The summed E-state index contributed by atoms with van der Waals surface area (Å²) in [5, 5.41) is 5.23. The van der Waals surface area contributed by atoms with Gasteiger partial charge in [0.1, 0.15) is 6.61 Å². The van der Waals surface area contributed by atoms with Crippen LogP contribution in [-0.4, -0.2) is 24.6 Å². The highest BCUT2D eigenvalue weighted by atomic mass is 32.1. The smallest absolute Gasteiger partial charge is 0.252 e. The summed E-state index contributed by atoms with van der Waals surface area (Å²) >= 11 is 1.41. The van der Waals surface area contributed by atoms with Gasteiger partial charge in [-0.3, -0.25) is 10.1 Å². The number of carbonyl (C=O) groups excluding carboxylic acids is 1. The van der Waals surface area contributed by atoms with E-state index in [0.717, 1.165) is 17.7 Å². The van der Waals surface area contributed by atoms with Crippen LogP contribution in [0.4, 0.5) is 5.13 Å². The van der Waals surface area contributed by atoms with Gasteiger partial charge in [0.25, 0.3) is 5.91 Å². The predicted molar refractivity (Wildman–Crippen MR) is 77.4 cm³/mol. The Morgan fingerprint density at radius 2 is 2.11 bits per heavy atom. The fourth-order valence-corrected chi connectivity index (χ4v) is 2.40. The number of hydrogen-bond acceptors (Lipinski definition) is 4. The maximum absolute atomic E-state index is 11.4. The zero-order valence-corrected chi connectivity index (χ0v) is 11.8. The molecule has 0 unspecified atom stereocenters. The summed E-state index contributed by atoms with van der Waals surface area (Å²) < 4.78 is 4.76. The molecular formula is C14H16N2O2S. The van der Waals surface area contributed by atoms with Gasteiger partial charge in [-0.15, -0.1) is 11.3 Å². The van der Waals surface area contributed by atoms with E-state index in [1.807, 2.05) is 5.38 Å². The number of anilines is 1. The van der Waals surface area contributed by atoms with Gasteiger partial charge in [0.05, 0.1) is 5.69 Å². The molecule has 0 saturated carbocycles. The molecule has 0 aliphatic heterocycles. The second-order valence-electron chi connectivity index (χ2n) is 4.07. The number of amides is 1. The number of carbonyl (C=O) groups is 1. The Kier molecular flexibility index (Phi) is 4.65. The van der Waals surface area contributed by atoms with E-state index in [4.69, 9.17) is 4.74 Å². The molecule has 1 aromatic carbocycles. The van der Waals surface area contributed by atoms with Gasteiger partial charge < -0.3 is 4.74 Å². The van der Waals surface area contributed by atoms with E-state index in [1.54, 1.807) is 0 Å². The number of rotatable bonds is 5. The van der Waals surface area contributed by atoms with Crippen molar-refractivity contribution in [3.63, 3.8) is 0 Å². The normalized spacial score (nSPS) is 10.4. The van der Waals surface area contributed by atoms with E-state index in [9.17, 15) is 4.79 Å². The van der Waals surface area contributed by atoms with Gasteiger partial charge >= 0.3 is 0 Å². The first kappa shape index (κ1) is 13.7. The number of thiazole rings is 1. The molecule has 1 N–H and O–H groups in total. The Hall–Kier alpha value is -1.72. The van der Waals surface area contributed by atoms with Crippen LogP contribution in [0.15, 0.2) is 29.6 Å². The van der Waals surface area contributed by atoms with Gasteiger partial charge in [-0.1, -0.05) is 31.2 Å². The van der Waals surface area contributed by atoms with E-state index in [1.165, 1.54) is 24.0 Å². The van der Waals surface area contributed by atoms with Gasteiger partial charge in [0.15, 0.2) is 5.13 Å². The number of nitrogens with one attached hydrogen (secondary N) is 1. The molecule has 0 fully saturated rings. The Morgan fingerprint density at radius 3 is 2.74 bits per heavy atom. The molecule has 0 aliphatic rings. The quantitative estimate of drug-likeness (QED) is 0.913. The van der Waals surface area contributed by atoms with Gasteiger partial charge in [0.2, 0.25) is 0 Å². The summed E-state index contributed by atoms with van der Waals surface area (Å²) in [6.07, 6.45) is 1.02. The summed E-state index contributed by atoms with van der Waals surface area (Å²) in [6, 6.07) is 8.29. The molecule has 0 atom stereocenters. The molecule has 0 spiro atoms. The minimum absolute atomic E-state index is 0.0418. The van der Waals surface area contributed by atoms with Crippen molar-refractivity contribution >= 4 is 22.4 Å². The summed E-state index contributed by atoms with van der Waals surface area (Å²) in [4.78, 5) is 15.8. The van der Waals surface area contributed by atoms with E-state index in [2.05, 4.69) is 41.5 Å². The first-order valence-corrected chi connectivity index (χ1v) is 6.94. The van der Waals surface area contributed by atoms with Crippen molar-refractivity contribution in [3.8, 4) is 11.3 Å². The van der Waals surface area contributed by atoms with Crippen LogP contribution in [-0.2, 0) is 16.0 Å².